The van der Waals surface area contributed by atoms with E-state index in [0.717, 1.165) is 32.1 Å². The van der Waals surface area contributed by atoms with Gasteiger partial charge >= 0.3 is 5.97 Å². The molecule has 2 fully saturated rings. The summed E-state index contributed by atoms with van der Waals surface area (Å²) in [6.07, 6.45) is 12.7. The van der Waals surface area contributed by atoms with Crippen molar-refractivity contribution in [1.82, 2.24) is 9.80 Å². The monoisotopic (exact) mass is 490 g/mol. The number of likely N-dealkylation sites (tertiary alicyclic amines) is 1. The molecule has 0 aliphatic carbocycles. The molecule has 188 valence electrons. The quantitative estimate of drug-likeness (QED) is 0.336. The number of cyclic esters (lactones) is 1. The van der Waals surface area contributed by atoms with E-state index in [1.165, 1.54) is 0 Å². The van der Waals surface area contributed by atoms with Crippen LogP contribution in [0.4, 0.5) is 0 Å². The number of allylic oxidation sites excluding steroid dienone is 1. The molecule has 0 bridgehead atoms. The number of esters is 1. The minimum absolute atomic E-state index is 0.0356. The topological polar surface area (TPSA) is 87.2 Å². The molecule has 6 atom stereocenters. The van der Waals surface area contributed by atoms with Gasteiger partial charge in [-0.25, -0.2) is 0 Å². The molecule has 2 saturated heterocycles. The van der Waals surface area contributed by atoms with Crippen molar-refractivity contribution in [1.29, 1.82) is 0 Å². The number of amides is 2. The van der Waals surface area contributed by atoms with Crippen molar-refractivity contribution in [2.45, 2.75) is 75.0 Å². The van der Waals surface area contributed by atoms with Crippen LogP contribution < -0.4 is 0 Å². The van der Waals surface area contributed by atoms with Crippen molar-refractivity contribution in [3.63, 3.8) is 0 Å². The van der Waals surface area contributed by atoms with Gasteiger partial charge in [0.2, 0.25) is 11.8 Å². The lowest BCUT2D eigenvalue weighted by atomic mass is 9.78. The Morgan fingerprint density at radius 3 is 2.71 bits per heavy atom. The number of ether oxygens (including phenoxy) is 1. The van der Waals surface area contributed by atoms with Gasteiger partial charge in [0.1, 0.15) is 6.04 Å². The van der Waals surface area contributed by atoms with Crippen LogP contribution in [0.5, 0.6) is 0 Å². The molecule has 4 aliphatic rings. The van der Waals surface area contributed by atoms with E-state index in [0.29, 0.717) is 19.7 Å². The van der Waals surface area contributed by atoms with Gasteiger partial charge in [0, 0.05) is 18.3 Å². The second kappa shape index (κ2) is 10.4. The lowest BCUT2D eigenvalue weighted by Gasteiger charge is -2.39. The standard InChI is InChI=1S/C26H38N2O5S/c1-4-5-8-13-27-14-10-12-26-21(20-19(34-26)11-7-6-9-15-33-25(20)32)23(30)28(22(26)24(27)31)18(16-29)17(2)3/h7,10-12,17-22,29H,4-6,8-9,13-16H2,1-3H3/b11-7-/t18-,19-,20+,21-,22?,26-/m0/s1. The van der Waals surface area contributed by atoms with E-state index in [2.05, 4.69) is 13.0 Å². The van der Waals surface area contributed by atoms with Gasteiger partial charge in [-0.15, -0.1) is 11.8 Å². The van der Waals surface area contributed by atoms with E-state index in [-0.39, 0.29) is 35.6 Å². The Morgan fingerprint density at radius 2 is 2.00 bits per heavy atom. The van der Waals surface area contributed by atoms with Gasteiger partial charge < -0.3 is 19.6 Å². The van der Waals surface area contributed by atoms with Crippen LogP contribution in [-0.4, -0.2) is 81.1 Å². The zero-order chi connectivity index (χ0) is 24.5. The largest absolute Gasteiger partial charge is 0.465 e. The van der Waals surface area contributed by atoms with Crippen LogP contribution in [0.25, 0.3) is 0 Å². The fourth-order valence-corrected chi connectivity index (χ4v) is 7.96. The first kappa shape index (κ1) is 25.3. The second-order valence-corrected chi connectivity index (χ2v) is 11.7. The fraction of sp³-hybridized carbons (Fsp3) is 0.731. The molecule has 8 heteroatoms. The molecule has 1 N–H and O–H groups in total. The number of aliphatic hydroxyl groups is 1. The maximum atomic E-state index is 14.1. The third-order valence-corrected chi connectivity index (χ3v) is 9.46. The summed E-state index contributed by atoms with van der Waals surface area (Å²) in [6.45, 7) is 7.29. The molecule has 1 unspecified atom stereocenters. The summed E-state index contributed by atoms with van der Waals surface area (Å²) in [4.78, 5) is 44.9. The van der Waals surface area contributed by atoms with Crippen LogP contribution in [0.2, 0.25) is 0 Å². The van der Waals surface area contributed by atoms with Crippen LogP contribution in [-0.2, 0) is 19.1 Å². The average molecular weight is 491 g/mol. The summed E-state index contributed by atoms with van der Waals surface area (Å²) < 4.78 is 4.74. The molecular weight excluding hydrogens is 452 g/mol. The zero-order valence-electron chi connectivity index (χ0n) is 20.5. The SMILES string of the molecule is CCCCCN1CC=C[C@]23S[C@H]4/C=C\CCCOC(=O)[C@H]4[C@H]2C(=O)N([C@@H](CO)C(C)C)C3C1=O. The molecule has 0 aromatic rings. The lowest BCUT2D eigenvalue weighted by Crippen LogP contribution is -2.57. The summed E-state index contributed by atoms with van der Waals surface area (Å²) in [7, 11) is 0. The molecule has 34 heavy (non-hydrogen) atoms. The van der Waals surface area contributed by atoms with Crippen LogP contribution in [0.3, 0.4) is 0 Å². The van der Waals surface area contributed by atoms with Crippen LogP contribution >= 0.6 is 11.8 Å². The van der Waals surface area contributed by atoms with Crippen LogP contribution in [0.1, 0.15) is 52.9 Å². The van der Waals surface area contributed by atoms with E-state index < -0.39 is 28.7 Å². The van der Waals surface area contributed by atoms with Gasteiger partial charge in [0.05, 0.1) is 35.8 Å². The van der Waals surface area contributed by atoms with Gasteiger partial charge in [-0.1, -0.05) is 57.9 Å². The number of hydrogen-bond acceptors (Lipinski definition) is 6. The smallest absolute Gasteiger partial charge is 0.311 e. The van der Waals surface area contributed by atoms with E-state index in [1.54, 1.807) is 16.7 Å². The summed E-state index contributed by atoms with van der Waals surface area (Å²) in [5.74, 6) is -2.01. The van der Waals surface area contributed by atoms with Crippen molar-refractivity contribution >= 4 is 29.5 Å². The van der Waals surface area contributed by atoms with Gasteiger partial charge in [0.25, 0.3) is 0 Å². The van der Waals surface area contributed by atoms with Gasteiger partial charge in [-0.2, -0.15) is 0 Å². The van der Waals surface area contributed by atoms with Crippen molar-refractivity contribution < 1.29 is 24.2 Å². The first-order valence-corrected chi connectivity index (χ1v) is 13.7. The lowest BCUT2D eigenvalue weighted by molar-refractivity contribution is -0.154. The first-order chi connectivity index (χ1) is 16.4. The highest BCUT2D eigenvalue weighted by Crippen LogP contribution is 2.61. The zero-order valence-corrected chi connectivity index (χ0v) is 21.3. The molecule has 0 saturated carbocycles. The highest BCUT2D eigenvalue weighted by atomic mass is 32.2. The summed E-state index contributed by atoms with van der Waals surface area (Å²) in [5, 5.41) is 10.1. The van der Waals surface area contributed by atoms with Gasteiger partial charge in [-0.05, 0) is 25.2 Å². The molecule has 4 rings (SSSR count). The Hall–Kier alpha value is -1.80. The number of carbonyl (C=O) groups is 3. The Balaban J connectivity index is 1.80. The van der Waals surface area contributed by atoms with Gasteiger partial charge in [0.15, 0.2) is 0 Å². The molecular formula is C26H38N2O5S. The number of aliphatic hydroxyl groups excluding tert-OH is 1. The first-order valence-electron chi connectivity index (χ1n) is 12.8. The second-order valence-electron chi connectivity index (χ2n) is 10.2. The number of carbonyl (C=O) groups excluding carboxylic acids is 3. The molecule has 2 amide bonds. The minimum Gasteiger partial charge on any atom is -0.465 e. The summed E-state index contributed by atoms with van der Waals surface area (Å²) >= 11 is 1.56. The summed E-state index contributed by atoms with van der Waals surface area (Å²) in [5.41, 5.74) is 0. The third kappa shape index (κ3) is 4.21. The minimum atomic E-state index is -0.853. The number of thioether (sulfide) groups is 1. The van der Waals surface area contributed by atoms with Crippen molar-refractivity contribution in [3.8, 4) is 0 Å². The third-order valence-electron chi connectivity index (χ3n) is 7.72. The van der Waals surface area contributed by atoms with Crippen molar-refractivity contribution in [3.05, 3.63) is 24.3 Å². The van der Waals surface area contributed by atoms with Crippen LogP contribution in [0.15, 0.2) is 24.3 Å². The maximum absolute atomic E-state index is 14.1. The molecule has 1 spiro atoms. The van der Waals surface area contributed by atoms with E-state index in [9.17, 15) is 19.5 Å². The molecule has 7 nitrogen and oxygen atoms in total. The van der Waals surface area contributed by atoms with E-state index in [1.807, 2.05) is 37.0 Å². The highest BCUT2D eigenvalue weighted by Gasteiger charge is 2.71. The van der Waals surface area contributed by atoms with Crippen LogP contribution in [0, 0.1) is 17.8 Å². The Bertz CT molecular complexity index is 858. The number of unbranched alkanes of at least 4 members (excludes halogenated alkanes) is 2. The number of nitrogens with zero attached hydrogens (tertiary/aromatic N) is 2. The fourth-order valence-electron chi connectivity index (χ4n) is 5.97. The molecule has 4 aliphatic heterocycles. The predicted octanol–water partition coefficient (Wildman–Crippen LogP) is 2.78. The average Bonchev–Trinajstić information content (AvgIpc) is 3.21. The molecule has 0 aromatic heterocycles. The van der Waals surface area contributed by atoms with Gasteiger partial charge in [-0.3, -0.25) is 14.4 Å². The predicted molar refractivity (Wildman–Crippen MR) is 132 cm³/mol. The van der Waals surface area contributed by atoms with Crippen molar-refractivity contribution in [2.24, 2.45) is 17.8 Å². The highest BCUT2D eigenvalue weighted by molar-refractivity contribution is 8.02. The Morgan fingerprint density at radius 1 is 1.21 bits per heavy atom. The molecule has 4 heterocycles. The molecule has 0 radical (unpaired) electrons. The van der Waals surface area contributed by atoms with E-state index >= 15 is 0 Å². The van der Waals surface area contributed by atoms with E-state index in [4.69, 9.17) is 4.74 Å². The number of rotatable bonds is 7. The molecule has 0 aromatic carbocycles. The maximum Gasteiger partial charge on any atom is 0.311 e. The number of fused-ring (bicyclic) bond motifs is 2. The van der Waals surface area contributed by atoms with Crippen molar-refractivity contribution in [2.75, 3.05) is 26.3 Å². The number of hydrogen-bond donors (Lipinski definition) is 1. The normalized spacial score (nSPS) is 35.1. The summed E-state index contributed by atoms with van der Waals surface area (Å²) in [6, 6.07) is -1.23. The Labute approximate surface area is 206 Å². The Kier molecular flexibility index (Phi) is 7.77.